The van der Waals surface area contributed by atoms with Crippen LogP contribution in [0.5, 0.6) is 0 Å². The monoisotopic (exact) mass is 228 g/mol. The Bertz CT molecular complexity index is 166. The molecule has 0 nitrogen and oxygen atoms in total. The fourth-order valence-electron chi connectivity index (χ4n) is 3.43. The van der Waals surface area contributed by atoms with Gasteiger partial charge in [-0.3, -0.25) is 0 Å². The maximum Gasteiger partial charge on any atom is 0.0364 e. The summed E-state index contributed by atoms with van der Waals surface area (Å²) in [5.41, 5.74) is 0. The lowest BCUT2D eigenvalue weighted by Crippen LogP contribution is -2.14. The minimum atomic E-state index is 0.495. The molecule has 1 atom stereocenters. The van der Waals surface area contributed by atoms with Crippen molar-refractivity contribution in [2.75, 3.05) is 0 Å². The Morgan fingerprint density at radius 1 is 0.867 bits per heavy atom. The van der Waals surface area contributed by atoms with Crippen molar-refractivity contribution >= 4 is 11.6 Å². The molecule has 2 fully saturated rings. The van der Waals surface area contributed by atoms with Gasteiger partial charge in [-0.05, 0) is 37.5 Å². The topological polar surface area (TPSA) is 0 Å². The standard InChI is InChI=1S/C14H25Cl/c15-14(13-8-4-5-9-13)11-10-12-6-2-1-3-7-12/h12-14H,1-11H2. The third kappa shape index (κ3) is 3.66. The van der Waals surface area contributed by atoms with Crippen LogP contribution in [0.1, 0.15) is 70.6 Å². The Hall–Kier alpha value is 0.290. The summed E-state index contributed by atoms with van der Waals surface area (Å²) in [5.74, 6) is 1.87. The minimum absolute atomic E-state index is 0.495. The third-order valence-corrected chi connectivity index (χ3v) is 5.06. The van der Waals surface area contributed by atoms with Crippen molar-refractivity contribution in [1.29, 1.82) is 0 Å². The Morgan fingerprint density at radius 2 is 1.47 bits per heavy atom. The van der Waals surface area contributed by atoms with E-state index in [-0.39, 0.29) is 0 Å². The van der Waals surface area contributed by atoms with Gasteiger partial charge in [0.2, 0.25) is 0 Å². The molecule has 0 amide bonds. The first kappa shape index (κ1) is 11.8. The van der Waals surface area contributed by atoms with Crippen LogP contribution in [-0.2, 0) is 0 Å². The molecule has 88 valence electrons. The summed E-state index contributed by atoms with van der Waals surface area (Å²) in [5, 5.41) is 0.495. The molecule has 2 aliphatic carbocycles. The molecule has 0 heterocycles. The second-order valence-corrected chi connectivity index (χ2v) is 6.20. The van der Waals surface area contributed by atoms with Gasteiger partial charge in [-0.1, -0.05) is 44.9 Å². The second kappa shape index (κ2) is 6.13. The summed E-state index contributed by atoms with van der Waals surface area (Å²) >= 11 is 6.51. The number of alkyl halides is 1. The zero-order chi connectivity index (χ0) is 10.5. The lowest BCUT2D eigenvalue weighted by Gasteiger charge is -2.24. The Kier molecular flexibility index (Phi) is 4.81. The minimum Gasteiger partial charge on any atom is -0.123 e. The first-order valence-corrected chi connectivity index (χ1v) is 7.44. The van der Waals surface area contributed by atoms with Gasteiger partial charge in [-0.2, -0.15) is 0 Å². The molecule has 1 unspecified atom stereocenters. The van der Waals surface area contributed by atoms with Crippen LogP contribution in [0.25, 0.3) is 0 Å². The van der Waals surface area contributed by atoms with Crippen molar-refractivity contribution in [3.63, 3.8) is 0 Å². The van der Waals surface area contributed by atoms with Gasteiger partial charge in [0.25, 0.3) is 0 Å². The zero-order valence-electron chi connectivity index (χ0n) is 9.89. The summed E-state index contributed by atoms with van der Waals surface area (Å²) in [7, 11) is 0. The molecule has 15 heavy (non-hydrogen) atoms. The summed E-state index contributed by atoms with van der Waals surface area (Å²) in [6, 6.07) is 0. The molecular weight excluding hydrogens is 204 g/mol. The molecule has 0 radical (unpaired) electrons. The highest BCUT2D eigenvalue weighted by molar-refractivity contribution is 6.20. The van der Waals surface area contributed by atoms with E-state index in [2.05, 4.69) is 0 Å². The van der Waals surface area contributed by atoms with Crippen molar-refractivity contribution in [3.8, 4) is 0 Å². The molecule has 0 aromatic rings. The first-order valence-electron chi connectivity index (χ1n) is 7.00. The van der Waals surface area contributed by atoms with Crippen LogP contribution in [0.3, 0.4) is 0 Å². The first-order chi connectivity index (χ1) is 7.36. The highest BCUT2D eigenvalue weighted by Crippen LogP contribution is 2.35. The smallest absolute Gasteiger partial charge is 0.0364 e. The lowest BCUT2D eigenvalue weighted by molar-refractivity contribution is 0.320. The van der Waals surface area contributed by atoms with E-state index < -0.39 is 0 Å². The van der Waals surface area contributed by atoms with Gasteiger partial charge in [0.1, 0.15) is 0 Å². The predicted molar refractivity (Wildman–Crippen MR) is 67.4 cm³/mol. The van der Waals surface area contributed by atoms with Crippen molar-refractivity contribution in [2.45, 2.75) is 76.0 Å². The van der Waals surface area contributed by atoms with Crippen LogP contribution < -0.4 is 0 Å². The Balaban J connectivity index is 1.63. The summed E-state index contributed by atoms with van der Waals surface area (Å²) in [6.45, 7) is 0. The van der Waals surface area contributed by atoms with Crippen LogP contribution in [0.15, 0.2) is 0 Å². The van der Waals surface area contributed by atoms with Crippen molar-refractivity contribution in [3.05, 3.63) is 0 Å². The predicted octanol–water partition coefficient (Wildman–Crippen LogP) is 5.14. The third-order valence-electron chi connectivity index (χ3n) is 4.49. The zero-order valence-corrected chi connectivity index (χ0v) is 10.6. The van der Waals surface area contributed by atoms with Crippen LogP contribution in [-0.4, -0.2) is 5.38 Å². The van der Waals surface area contributed by atoms with Crippen LogP contribution in [0.4, 0.5) is 0 Å². The van der Waals surface area contributed by atoms with Crippen LogP contribution in [0, 0.1) is 11.8 Å². The molecule has 0 saturated heterocycles. The van der Waals surface area contributed by atoms with Gasteiger partial charge in [0, 0.05) is 5.38 Å². The molecule has 0 spiro atoms. The van der Waals surface area contributed by atoms with Gasteiger partial charge in [-0.15, -0.1) is 11.6 Å². The molecule has 0 aliphatic heterocycles. The maximum absolute atomic E-state index is 6.51. The van der Waals surface area contributed by atoms with Crippen molar-refractivity contribution in [2.24, 2.45) is 11.8 Å². The lowest BCUT2D eigenvalue weighted by atomic mass is 9.84. The fourth-order valence-corrected chi connectivity index (χ4v) is 3.80. The normalized spacial score (nSPS) is 27.0. The van der Waals surface area contributed by atoms with E-state index in [4.69, 9.17) is 11.6 Å². The van der Waals surface area contributed by atoms with Gasteiger partial charge in [-0.25, -0.2) is 0 Å². The van der Waals surface area contributed by atoms with E-state index in [0.717, 1.165) is 11.8 Å². The van der Waals surface area contributed by atoms with Gasteiger partial charge in [0.05, 0.1) is 0 Å². The summed E-state index contributed by atoms with van der Waals surface area (Å²) in [4.78, 5) is 0. The molecule has 0 aromatic carbocycles. The molecule has 0 bridgehead atoms. The van der Waals surface area contributed by atoms with E-state index in [9.17, 15) is 0 Å². The SMILES string of the molecule is ClC(CCC1CCCCC1)C1CCCC1. The summed E-state index contributed by atoms with van der Waals surface area (Å²) < 4.78 is 0. The number of hydrogen-bond donors (Lipinski definition) is 0. The highest BCUT2D eigenvalue weighted by atomic mass is 35.5. The van der Waals surface area contributed by atoms with E-state index in [1.807, 2.05) is 0 Å². The average molecular weight is 229 g/mol. The van der Waals surface area contributed by atoms with Gasteiger partial charge in [0.15, 0.2) is 0 Å². The Morgan fingerprint density at radius 3 is 2.13 bits per heavy atom. The quantitative estimate of drug-likeness (QED) is 0.585. The van der Waals surface area contributed by atoms with E-state index in [1.165, 1.54) is 70.6 Å². The average Bonchev–Trinajstić information content (AvgIpc) is 2.81. The van der Waals surface area contributed by atoms with Crippen LogP contribution >= 0.6 is 11.6 Å². The van der Waals surface area contributed by atoms with E-state index in [1.54, 1.807) is 0 Å². The molecule has 2 rings (SSSR count). The molecular formula is C14H25Cl. The highest BCUT2D eigenvalue weighted by Gasteiger charge is 2.24. The van der Waals surface area contributed by atoms with E-state index in [0.29, 0.717) is 5.38 Å². The van der Waals surface area contributed by atoms with E-state index >= 15 is 0 Å². The van der Waals surface area contributed by atoms with Gasteiger partial charge < -0.3 is 0 Å². The van der Waals surface area contributed by atoms with Crippen molar-refractivity contribution < 1.29 is 0 Å². The molecule has 0 aromatic heterocycles. The largest absolute Gasteiger partial charge is 0.123 e. The maximum atomic E-state index is 6.51. The molecule has 2 aliphatic rings. The van der Waals surface area contributed by atoms with Crippen LogP contribution in [0.2, 0.25) is 0 Å². The summed E-state index contributed by atoms with van der Waals surface area (Å²) in [6.07, 6.45) is 15.7. The van der Waals surface area contributed by atoms with Gasteiger partial charge >= 0.3 is 0 Å². The number of hydrogen-bond acceptors (Lipinski definition) is 0. The Labute approximate surface area is 99.8 Å². The molecule has 0 N–H and O–H groups in total. The second-order valence-electron chi connectivity index (χ2n) is 5.64. The fraction of sp³-hybridized carbons (Fsp3) is 1.00. The molecule has 2 saturated carbocycles. The van der Waals surface area contributed by atoms with Crippen molar-refractivity contribution in [1.82, 2.24) is 0 Å². The molecule has 1 heteroatoms. The number of rotatable bonds is 4. The number of halogens is 1.